The van der Waals surface area contributed by atoms with Gasteiger partial charge in [0, 0.05) is 24.2 Å². The van der Waals surface area contributed by atoms with Crippen LogP contribution in [-0.4, -0.2) is 33.2 Å². The fourth-order valence-corrected chi connectivity index (χ4v) is 2.24. The van der Waals surface area contributed by atoms with E-state index in [9.17, 15) is 8.42 Å². The van der Waals surface area contributed by atoms with Crippen LogP contribution in [0.2, 0.25) is 0 Å². The van der Waals surface area contributed by atoms with Gasteiger partial charge >= 0.3 is 10.4 Å². The zero-order valence-electron chi connectivity index (χ0n) is 11.9. The minimum Gasteiger partial charge on any atom is -0.371 e. The monoisotopic (exact) mass is 287 g/mol. The number of rotatable bonds is 1. The van der Waals surface area contributed by atoms with Gasteiger partial charge in [0.15, 0.2) is 0 Å². The Hall–Kier alpha value is -1.11. The van der Waals surface area contributed by atoms with Crippen molar-refractivity contribution < 1.29 is 17.2 Å². The normalized spacial score (nSPS) is 20.5. The summed E-state index contributed by atoms with van der Waals surface area (Å²) in [5.41, 5.74) is 3.15. The first-order valence-electron chi connectivity index (χ1n) is 5.96. The maximum Gasteiger partial charge on any atom is 0.397 e. The molecule has 0 fully saturated rings. The second kappa shape index (κ2) is 5.48. The predicted octanol–water partition coefficient (Wildman–Crippen LogP) is 2.24. The minimum absolute atomic E-state index is 0.283. The van der Waals surface area contributed by atoms with Gasteiger partial charge in [-0.1, -0.05) is 32.0 Å². The molecule has 0 saturated carbocycles. The lowest BCUT2D eigenvalue weighted by atomic mass is 9.81. The van der Waals surface area contributed by atoms with Crippen molar-refractivity contribution in [3.63, 3.8) is 0 Å². The van der Waals surface area contributed by atoms with E-state index in [1.165, 1.54) is 11.3 Å². The molecule has 1 unspecified atom stereocenters. The van der Waals surface area contributed by atoms with E-state index < -0.39 is 10.4 Å². The van der Waals surface area contributed by atoms with Gasteiger partial charge in [0.1, 0.15) is 0 Å². The summed E-state index contributed by atoms with van der Waals surface area (Å²) >= 11 is 0. The highest BCUT2D eigenvalue weighted by atomic mass is 32.3. The van der Waals surface area contributed by atoms with E-state index in [4.69, 9.17) is 4.55 Å². The third-order valence-electron chi connectivity index (χ3n) is 3.81. The summed E-state index contributed by atoms with van der Waals surface area (Å²) < 4.78 is 29.7. The summed E-state index contributed by atoms with van der Waals surface area (Å²) in [7, 11) is -1.11. The van der Waals surface area contributed by atoms with E-state index in [2.05, 4.69) is 61.2 Å². The Morgan fingerprint density at radius 2 is 1.79 bits per heavy atom. The number of anilines is 1. The molecule has 6 heteroatoms. The van der Waals surface area contributed by atoms with E-state index in [0.717, 1.165) is 7.11 Å². The molecule has 1 aromatic carbocycles. The van der Waals surface area contributed by atoms with Crippen molar-refractivity contribution >= 4 is 16.1 Å². The SMILES string of the molecule is CC1N(C)c2ccccc2C1(C)C.COS(=O)(=O)O. The summed E-state index contributed by atoms with van der Waals surface area (Å²) in [5.74, 6) is 0. The van der Waals surface area contributed by atoms with E-state index in [0.29, 0.717) is 6.04 Å². The van der Waals surface area contributed by atoms with Crippen molar-refractivity contribution in [2.45, 2.75) is 32.2 Å². The summed E-state index contributed by atoms with van der Waals surface area (Å²) in [6.07, 6.45) is 0. The van der Waals surface area contributed by atoms with Gasteiger partial charge in [0.05, 0.1) is 7.11 Å². The Morgan fingerprint density at radius 3 is 2.21 bits per heavy atom. The fourth-order valence-electron chi connectivity index (χ4n) is 2.24. The van der Waals surface area contributed by atoms with Crippen LogP contribution in [0.3, 0.4) is 0 Å². The van der Waals surface area contributed by atoms with Crippen LogP contribution in [0, 0.1) is 0 Å². The number of hydrogen-bond donors (Lipinski definition) is 1. The minimum atomic E-state index is -4.16. The highest BCUT2D eigenvalue weighted by molar-refractivity contribution is 7.80. The Balaban J connectivity index is 0.000000258. The second-order valence-corrected chi connectivity index (χ2v) is 6.31. The molecule has 5 nitrogen and oxygen atoms in total. The summed E-state index contributed by atoms with van der Waals surface area (Å²) in [6, 6.07) is 9.29. The third kappa shape index (κ3) is 3.46. The molecule has 2 rings (SSSR count). The van der Waals surface area contributed by atoms with Gasteiger partial charge < -0.3 is 4.90 Å². The van der Waals surface area contributed by atoms with Crippen LogP contribution in [0.15, 0.2) is 24.3 Å². The van der Waals surface area contributed by atoms with E-state index in [-0.39, 0.29) is 5.41 Å². The van der Waals surface area contributed by atoms with Gasteiger partial charge in [-0.25, -0.2) is 0 Å². The Bertz CT molecular complexity index is 539. The number of likely N-dealkylation sites (N-methyl/N-ethyl adjacent to an activating group) is 1. The molecular formula is C13H21NO4S. The molecule has 1 aromatic rings. The van der Waals surface area contributed by atoms with Gasteiger partial charge in [-0.2, -0.15) is 8.42 Å². The maximum absolute atomic E-state index is 9.33. The molecule has 108 valence electrons. The highest BCUT2D eigenvalue weighted by Gasteiger charge is 2.39. The first-order valence-corrected chi connectivity index (χ1v) is 7.33. The van der Waals surface area contributed by atoms with E-state index in [1.54, 1.807) is 0 Å². The molecule has 19 heavy (non-hydrogen) atoms. The molecular weight excluding hydrogens is 266 g/mol. The average Bonchev–Trinajstić information content (AvgIpc) is 2.52. The highest BCUT2D eigenvalue weighted by Crippen LogP contribution is 2.43. The molecule has 0 aromatic heterocycles. The van der Waals surface area contributed by atoms with Gasteiger partial charge in [-0.3, -0.25) is 8.74 Å². The van der Waals surface area contributed by atoms with Crippen molar-refractivity contribution in [3.8, 4) is 0 Å². The lowest BCUT2D eigenvalue weighted by molar-refractivity contribution is 0.324. The smallest absolute Gasteiger partial charge is 0.371 e. The Morgan fingerprint density at radius 1 is 1.32 bits per heavy atom. The topological polar surface area (TPSA) is 66.8 Å². The zero-order valence-corrected chi connectivity index (χ0v) is 12.7. The molecule has 1 N–H and O–H groups in total. The quantitative estimate of drug-likeness (QED) is 0.802. The average molecular weight is 287 g/mol. The number of hydrogen-bond acceptors (Lipinski definition) is 4. The van der Waals surface area contributed by atoms with Crippen LogP contribution in [0.1, 0.15) is 26.3 Å². The Kier molecular flexibility index (Phi) is 4.60. The molecule has 1 atom stereocenters. The van der Waals surface area contributed by atoms with E-state index in [1.807, 2.05) is 0 Å². The predicted molar refractivity (Wildman–Crippen MR) is 75.9 cm³/mol. The van der Waals surface area contributed by atoms with Crippen molar-refractivity contribution in [1.82, 2.24) is 0 Å². The number of para-hydroxylation sites is 1. The molecule has 0 bridgehead atoms. The van der Waals surface area contributed by atoms with Crippen molar-refractivity contribution in [3.05, 3.63) is 29.8 Å². The lowest BCUT2D eigenvalue weighted by Gasteiger charge is -2.28. The van der Waals surface area contributed by atoms with Crippen LogP contribution in [0.5, 0.6) is 0 Å². The van der Waals surface area contributed by atoms with Gasteiger partial charge in [-0.05, 0) is 18.6 Å². The first-order chi connectivity index (χ1) is 8.61. The Labute approximate surface area is 115 Å². The number of fused-ring (bicyclic) bond motifs is 1. The molecule has 0 spiro atoms. The largest absolute Gasteiger partial charge is 0.397 e. The fraction of sp³-hybridized carbons (Fsp3) is 0.538. The maximum atomic E-state index is 9.33. The zero-order chi connectivity index (χ0) is 14.8. The van der Waals surface area contributed by atoms with Gasteiger partial charge in [0.25, 0.3) is 0 Å². The van der Waals surface area contributed by atoms with Gasteiger partial charge in [0.2, 0.25) is 0 Å². The van der Waals surface area contributed by atoms with Crippen LogP contribution in [0.4, 0.5) is 5.69 Å². The van der Waals surface area contributed by atoms with Crippen molar-refractivity contribution in [2.75, 3.05) is 19.1 Å². The van der Waals surface area contributed by atoms with Crippen molar-refractivity contribution in [2.24, 2.45) is 0 Å². The van der Waals surface area contributed by atoms with E-state index >= 15 is 0 Å². The van der Waals surface area contributed by atoms with Crippen LogP contribution in [-0.2, 0) is 20.0 Å². The summed E-state index contributed by atoms with van der Waals surface area (Å²) in [5, 5.41) is 0. The molecule has 1 heterocycles. The van der Waals surface area contributed by atoms with Crippen LogP contribution < -0.4 is 4.90 Å². The van der Waals surface area contributed by atoms with Crippen LogP contribution >= 0.6 is 0 Å². The molecule has 0 radical (unpaired) electrons. The van der Waals surface area contributed by atoms with Crippen LogP contribution in [0.25, 0.3) is 0 Å². The molecule has 1 aliphatic rings. The molecule has 0 saturated heterocycles. The second-order valence-electron chi connectivity index (χ2n) is 5.12. The summed E-state index contributed by atoms with van der Waals surface area (Å²) in [4.78, 5) is 2.37. The third-order valence-corrected chi connectivity index (χ3v) is 4.24. The van der Waals surface area contributed by atoms with Crippen molar-refractivity contribution in [1.29, 1.82) is 0 Å². The molecule has 0 aliphatic carbocycles. The lowest BCUT2D eigenvalue weighted by Crippen LogP contribution is -2.36. The molecule has 0 amide bonds. The standard InChI is InChI=1S/C12H17N.CH4O4S/c1-9-12(2,3)10-7-5-6-8-11(10)13(9)4;1-5-6(2,3)4/h5-9H,1-4H3;1H3,(H,2,3,4). The first kappa shape index (κ1) is 15.9. The number of nitrogens with zero attached hydrogens (tertiary/aromatic N) is 1. The van der Waals surface area contributed by atoms with Gasteiger partial charge in [-0.15, -0.1) is 0 Å². The summed E-state index contributed by atoms with van der Waals surface area (Å²) in [6.45, 7) is 6.93. The number of benzene rings is 1. The molecule has 1 aliphatic heterocycles.